The number of hydrogen-bond donors (Lipinski definition) is 0. The number of para-hydroxylation sites is 3. The monoisotopic (exact) mass is 605 g/mol. The molecule has 0 aliphatic rings. The molecule has 0 aliphatic carbocycles. The van der Waals surface area contributed by atoms with Crippen molar-refractivity contribution in [2.45, 2.75) is 46.1 Å². The van der Waals surface area contributed by atoms with Gasteiger partial charge in [0.15, 0.2) is 0 Å². The van der Waals surface area contributed by atoms with Gasteiger partial charge in [0.25, 0.3) is 11.5 Å². The van der Waals surface area contributed by atoms with Crippen molar-refractivity contribution in [3.63, 3.8) is 0 Å². The molecule has 4 aromatic rings. The molecule has 0 N–H and O–H groups in total. The maximum atomic E-state index is 13.9. The second kappa shape index (κ2) is 12.1. The van der Waals surface area contributed by atoms with E-state index in [2.05, 4.69) is 4.98 Å². The molecular formula is C31H29F6N3O3. The van der Waals surface area contributed by atoms with E-state index < -0.39 is 46.6 Å². The Morgan fingerprint density at radius 1 is 0.907 bits per heavy atom. The summed E-state index contributed by atoms with van der Waals surface area (Å²) in [5.41, 5.74) is -3.88. The fraction of sp³-hybridized carbons (Fsp3) is 0.323. The van der Waals surface area contributed by atoms with Crippen LogP contribution in [0, 0.1) is 5.92 Å². The standard InChI is InChI=1S/C31H29F6N3O3/c1-5-43-26-13-9-8-12-25(26)40-27(38-24-11-7-6-10-23(24)29(40)42)19(4)39(17-18(2)3)28(41)20-14-21(30(32,33)34)16-22(15-20)31(35,36)37/h6-16,18-19H,5,17H2,1-4H3. The highest BCUT2D eigenvalue weighted by Crippen LogP contribution is 2.37. The van der Waals surface area contributed by atoms with Gasteiger partial charge in [0.1, 0.15) is 11.6 Å². The molecule has 1 amide bonds. The molecule has 1 heterocycles. The molecule has 0 saturated carbocycles. The first-order valence-electron chi connectivity index (χ1n) is 13.5. The zero-order chi connectivity index (χ0) is 31.7. The Balaban J connectivity index is 1.97. The van der Waals surface area contributed by atoms with E-state index in [9.17, 15) is 35.9 Å². The zero-order valence-electron chi connectivity index (χ0n) is 23.8. The Bertz CT molecular complexity index is 1660. The van der Waals surface area contributed by atoms with Crippen LogP contribution in [0.1, 0.15) is 61.0 Å². The molecule has 6 nitrogen and oxygen atoms in total. The molecule has 43 heavy (non-hydrogen) atoms. The van der Waals surface area contributed by atoms with Crippen molar-refractivity contribution in [2.75, 3.05) is 13.2 Å². The maximum absolute atomic E-state index is 13.9. The van der Waals surface area contributed by atoms with Gasteiger partial charge >= 0.3 is 12.4 Å². The second-order valence-corrected chi connectivity index (χ2v) is 10.4. The lowest BCUT2D eigenvalue weighted by atomic mass is 10.0. The first kappa shape index (κ1) is 31.6. The smallest absolute Gasteiger partial charge is 0.416 e. The van der Waals surface area contributed by atoms with Gasteiger partial charge in [-0.15, -0.1) is 0 Å². The Morgan fingerprint density at radius 2 is 1.49 bits per heavy atom. The van der Waals surface area contributed by atoms with E-state index in [1.165, 1.54) is 11.5 Å². The number of carbonyl (C=O) groups is 1. The Hall–Kier alpha value is -4.35. The van der Waals surface area contributed by atoms with E-state index >= 15 is 0 Å². The number of ether oxygens (including phenoxy) is 1. The number of fused-ring (bicyclic) bond motifs is 1. The summed E-state index contributed by atoms with van der Waals surface area (Å²) in [6, 6.07) is 12.9. The third kappa shape index (κ3) is 6.68. The molecule has 1 unspecified atom stereocenters. The van der Waals surface area contributed by atoms with E-state index in [0.29, 0.717) is 29.1 Å². The van der Waals surface area contributed by atoms with Gasteiger partial charge in [-0.1, -0.05) is 38.1 Å². The number of halogens is 6. The molecule has 228 valence electrons. The van der Waals surface area contributed by atoms with Crippen molar-refractivity contribution in [2.24, 2.45) is 5.92 Å². The van der Waals surface area contributed by atoms with E-state index in [1.807, 2.05) is 0 Å². The number of rotatable bonds is 8. The normalized spacial score (nSPS) is 12.9. The second-order valence-electron chi connectivity index (χ2n) is 10.4. The van der Waals surface area contributed by atoms with Crippen LogP contribution in [0.25, 0.3) is 16.6 Å². The summed E-state index contributed by atoms with van der Waals surface area (Å²) >= 11 is 0. The SMILES string of the molecule is CCOc1ccccc1-n1c(C(C)N(CC(C)C)C(=O)c2cc(C(F)(F)F)cc(C(F)(F)F)c2)nc2ccccc2c1=O. The lowest BCUT2D eigenvalue weighted by molar-refractivity contribution is -0.143. The quantitative estimate of drug-likeness (QED) is 0.193. The van der Waals surface area contributed by atoms with Crippen LogP contribution in [0.3, 0.4) is 0 Å². The van der Waals surface area contributed by atoms with Crippen LogP contribution in [0.5, 0.6) is 5.75 Å². The zero-order valence-corrected chi connectivity index (χ0v) is 23.8. The Kier molecular flexibility index (Phi) is 8.89. The summed E-state index contributed by atoms with van der Waals surface area (Å²) in [6.07, 6.45) is -10.3. The fourth-order valence-corrected chi connectivity index (χ4v) is 4.78. The molecular weight excluding hydrogens is 576 g/mol. The van der Waals surface area contributed by atoms with Crippen LogP contribution in [-0.4, -0.2) is 33.5 Å². The van der Waals surface area contributed by atoms with Gasteiger partial charge in [0.05, 0.1) is 40.4 Å². The first-order valence-corrected chi connectivity index (χ1v) is 13.5. The minimum atomic E-state index is -5.13. The van der Waals surface area contributed by atoms with Gasteiger partial charge in [0.2, 0.25) is 0 Å². The number of hydrogen-bond acceptors (Lipinski definition) is 4. The van der Waals surface area contributed by atoms with E-state index in [4.69, 9.17) is 4.74 Å². The molecule has 0 fully saturated rings. The van der Waals surface area contributed by atoms with Crippen LogP contribution in [-0.2, 0) is 12.4 Å². The Morgan fingerprint density at radius 3 is 2.07 bits per heavy atom. The predicted molar refractivity (Wildman–Crippen MR) is 149 cm³/mol. The molecule has 0 bridgehead atoms. The number of aromatic nitrogens is 2. The molecule has 1 atom stereocenters. The van der Waals surface area contributed by atoms with Gasteiger partial charge in [-0.05, 0) is 62.2 Å². The van der Waals surface area contributed by atoms with Gasteiger partial charge in [0, 0.05) is 12.1 Å². The van der Waals surface area contributed by atoms with Crippen LogP contribution < -0.4 is 10.3 Å². The maximum Gasteiger partial charge on any atom is 0.416 e. The summed E-state index contributed by atoms with van der Waals surface area (Å²) < 4.78 is 88.7. The van der Waals surface area contributed by atoms with Crippen LogP contribution in [0.2, 0.25) is 0 Å². The van der Waals surface area contributed by atoms with Gasteiger partial charge in [-0.25, -0.2) is 4.98 Å². The average Bonchev–Trinajstić information content (AvgIpc) is 2.94. The molecule has 1 aromatic heterocycles. The molecule has 0 spiro atoms. The van der Waals surface area contributed by atoms with Crippen molar-refractivity contribution in [1.82, 2.24) is 14.5 Å². The number of amides is 1. The van der Waals surface area contributed by atoms with Crippen molar-refractivity contribution < 1.29 is 35.9 Å². The highest BCUT2D eigenvalue weighted by atomic mass is 19.4. The number of nitrogens with zero attached hydrogens (tertiary/aromatic N) is 3. The summed E-state index contributed by atoms with van der Waals surface area (Å²) in [4.78, 5) is 33.6. The molecule has 0 saturated heterocycles. The highest BCUT2D eigenvalue weighted by molar-refractivity contribution is 5.95. The Labute approximate surface area is 243 Å². The van der Waals surface area contributed by atoms with Crippen LogP contribution in [0.15, 0.2) is 71.5 Å². The molecule has 0 aliphatic heterocycles. The number of carbonyl (C=O) groups excluding carboxylic acids is 1. The van der Waals surface area contributed by atoms with Crippen LogP contribution in [0.4, 0.5) is 26.3 Å². The van der Waals surface area contributed by atoms with Crippen molar-refractivity contribution in [3.05, 3.63) is 99.6 Å². The van der Waals surface area contributed by atoms with E-state index in [1.54, 1.807) is 69.3 Å². The topological polar surface area (TPSA) is 64.4 Å². The largest absolute Gasteiger partial charge is 0.492 e. The average molecular weight is 606 g/mol. The number of benzene rings is 3. The first-order chi connectivity index (χ1) is 20.1. The lowest BCUT2D eigenvalue weighted by Gasteiger charge is -2.32. The molecule has 4 rings (SSSR count). The van der Waals surface area contributed by atoms with Gasteiger partial charge < -0.3 is 9.64 Å². The predicted octanol–water partition coefficient (Wildman–Crippen LogP) is 7.68. The number of alkyl halides is 6. The van der Waals surface area contributed by atoms with E-state index in [0.717, 1.165) is 4.90 Å². The summed E-state index contributed by atoms with van der Waals surface area (Å²) in [5.74, 6) is -0.944. The fourth-order valence-electron chi connectivity index (χ4n) is 4.78. The van der Waals surface area contributed by atoms with Gasteiger partial charge in [-0.3, -0.25) is 14.2 Å². The van der Waals surface area contributed by atoms with Crippen molar-refractivity contribution in [1.29, 1.82) is 0 Å². The minimum absolute atomic E-state index is 0.0276. The summed E-state index contributed by atoms with van der Waals surface area (Å²) in [7, 11) is 0. The van der Waals surface area contributed by atoms with Gasteiger partial charge in [-0.2, -0.15) is 26.3 Å². The molecule has 0 radical (unpaired) electrons. The third-order valence-electron chi connectivity index (χ3n) is 6.71. The summed E-state index contributed by atoms with van der Waals surface area (Å²) in [5, 5.41) is 0.263. The molecule has 12 heteroatoms. The summed E-state index contributed by atoms with van der Waals surface area (Å²) in [6.45, 7) is 6.97. The van der Waals surface area contributed by atoms with Crippen molar-refractivity contribution in [3.8, 4) is 11.4 Å². The highest BCUT2D eigenvalue weighted by Gasteiger charge is 2.38. The van der Waals surface area contributed by atoms with E-state index in [-0.39, 0.29) is 36.3 Å². The lowest BCUT2D eigenvalue weighted by Crippen LogP contribution is -2.39. The van der Waals surface area contributed by atoms with Crippen LogP contribution >= 0.6 is 0 Å². The van der Waals surface area contributed by atoms with Crippen molar-refractivity contribution >= 4 is 16.8 Å². The minimum Gasteiger partial charge on any atom is -0.492 e. The third-order valence-corrected chi connectivity index (χ3v) is 6.71. The molecule has 3 aromatic carbocycles.